The van der Waals surface area contributed by atoms with Gasteiger partial charge in [-0.05, 0) is 60.5 Å². The lowest BCUT2D eigenvalue weighted by molar-refractivity contribution is 0.0951. The quantitative estimate of drug-likeness (QED) is 0.443. The largest absolute Gasteiger partial charge is 0.453 e. The van der Waals surface area contributed by atoms with E-state index in [1.54, 1.807) is 36.4 Å². The minimum atomic E-state index is -0.536. The molecule has 0 atom stereocenters. The number of hydrogen-bond donors (Lipinski definition) is 2. The van der Waals surface area contributed by atoms with Crippen molar-refractivity contribution in [1.29, 1.82) is 0 Å². The van der Waals surface area contributed by atoms with Gasteiger partial charge in [0.1, 0.15) is 0 Å². The van der Waals surface area contributed by atoms with Crippen LogP contribution < -0.4 is 10.6 Å². The van der Waals surface area contributed by atoms with Crippen LogP contribution in [0.4, 0.5) is 10.5 Å². The number of benzene rings is 3. The number of anilines is 1. The Labute approximate surface area is 190 Å². The smallest absolute Gasteiger partial charge is 0.411 e. The molecule has 4 aromatic rings. The highest BCUT2D eigenvalue weighted by Crippen LogP contribution is 2.26. The second-order valence-electron chi connectivity index (χ2n) is 7.30. The molecule has 0 aliphatic heterocycles. The van der Waals surface area contributed by atoms with Gasteiger partial charge >= 0.3 is 6.09 Å². The molecule has 0 spiro atoms. The number of ether oxygens (including phenoxy) is 1. The standard InChI is InChI=1S/C25H22N4O4/c1-16-5-3-4-6-21(16)24-29-28-23(33-24)19-11-9-18(10-12-19)22(30)26-15-17-7-13-20(14-8-17)27-25(31)32-2/h3-14H,15H2,1-2H3,(H,26,30)(H,27,31). The molecule has 2 amide bonds. The monoisotopic (exact) mass is 442 g/mol. The van der Waals surface area contributed by atoms with Crippen LogP contribution in [0.3, 0.4) is 0 Å². The van der Waals surface area contributed by atoms with Crippen molar-refractivity contribution in [3.05, 3.63) is 89.5 Å². The van der Waals surface area contributed by atoms with Crippen molar-refractivity contribution < 1.29 is 18.7 Å². The fraction of sp³-hybridized carbons (Fsp3) is 0.120. The zero-order chi connectivity index (χ0) is 23.2. The SMILES string of the molecule is COC(=O)Nc1ccc(CNC(=O)c2ccc(-c3nnc(-c4ccccc4C)o3)cc2)cc1. The molecule has 0 fully saturated rings. The second kappa shape index (κ2) is 9.78. The number of carbonyl (C=O) groups excluding carboxylic acids is 2. The molecule has 0 aliphatic rings. The predicted molar refractivity (Wildman–Crippen MR) is 124 cm³/mol. The van der Waals surface area contributed by atoms with Crippen LogP contribution in [0.2, 0.25) is 0 Å². The Morgan fingerprint density at radius 1 is 0.909 bits per heavy atom. The Hall–Kier alpha value is -4.46. The van der Waals surface area contributed by atoms with Crippen molar-refractivity contribution in [2.24, 2.45) is 0 Å². The van der Waals surface area contributed by atoms with E-state index in [0.717, 1.165) is 22.3 Å². The number of aromatic nitrogens is 2. The van der Waals surface area contributed by atoms with E-state index in [1.165, 1.54) is 7.11 Å². The van der Waals surface area contributed by atoms with E-state index in [-0.39, 0.29) is 5.91 Å². The van der Waals surface area contributed by atoms with Crippen molar-refractivity contribution in [2.45, 2.75) is 13.5 Å². The third-order valence-corrected chi connectivity index (χ3v) is 5.03. The first kappa shape index (κ1) is 21.8. The van der Waals surface area contributed by atoms with Crippen molar-refractivity contribution in [1.82, 2.24) is 15.5 Å². The first-order valence-electron chi connectivity index (χ1n) is 10.3. The highest BCUT2D eigenvalue weighted by molar-refractivity contribution is 5.94. The summed E-state index contributed by atoms with van der Waals surface area (Å²) in [6.07, 6.45) is -0.536. The summed E-state index contributed by atoms with van der Waals surface area (Å²) < 4.78 is 10.4. The Bertz CT molecular complexity index is 1260. The molecule has 2 N–H and O–H groups in total. The Balaban J connectivity index is 1.37. The topological polar surface area (TPSA) is 106 Å². The maximum absolute atomic E-state index is 12.5. The first-order valence-corrected chi connectivity index (χ1v) is 10.3. The van der Waals surface area contributed by atoms with E-state index in [2.05, 4.69) is 25.6 Å². The predicted octanol–water partition coefficient (Wildman–Crippen LogP) is 4.82. The number of nitrogens with one attached hydrogen (secondary N) is 2. The second-order valence-corrected chi connectivity index (χ2v) is 7.30. The van der Waals surface area contributed by atoms with Gasteiger partial charge < -0.3 is 14.5 Å². The van der Waals surface area contributed by atoms with Crippen LogP contribution in [-0.2, 0) is 11.3 Å². The summed E-state index contributed by atoms with van der Waals surface area (Å²) in [7, 11) is 1.30. The highest BCUT2D eigenvalue weighted by Gasteiger charge is 2.13. The molecule has 0 radical (unpaired) electrons. The lowest BCUT2D eigenvalue weighted by atomic mass is 10.1. The molecule has 166 valence electrons. The summed E-state index contributed by atoms with van der Waals surface area (Å²) in [5.41, 5.74) is 4.69. The molecule has 0 unspecified atom stereocenters. The summed E-state index contributed by atoms with van der Waals surface area (Å²) in [5.74, 6) is 0.642. The number of rotatable bonds is 6. The average molecular weight is 442 g/mol. The summed E-state index contributed by atoms with van der Waals surface area (Å²) in [6, 6.07) is 21.9. The van der Waals surface area contributed by atoms with Crippen LogP contribution in [-0.4, -0.2) is 29.3 Å². The molecule has 0 aliphatic carbocycles. The van der Waals surface area contributed by atoms with Crippen molar-refractivity contribution >= 4 is 17.7 Å². The molecule has 0 saturated heterocycles. The zero-order valence-corrected chi connectivity index (χ0v) is 18.2. The van der Waals surface area contributed by atoms with E-state index in [0.29, 0.717) is 29.6 Å². The number of amides is 2. The minimum Gasteiger partial charge on any atom is -0.453 e. The van der Waals surface area contributed by atoms with Crippen LogP contribution in [0, 0.1) is 6.92 Å². The molecule has 8 heteroatoms. The van der Waals surface area contributed by atoms with Crippen LogP contribution in [0.1, 0.15) is 21.5 Å². The van der Waals surface area contributed by atoms with Crippen LogP contribution >= 0.6 is 0 Å². The fourth-order valence-electron chi connectivity index (χ4n) is 3.18. The fourth-order valence-corrected chi connectivity index (χ4v) is 3.18. The Morgan fingerprint density at radius 2 is 1.61 bits per heavy atom. The third-order valence-electron chi connectivity index (χ3n) is 5.03. The summed E-state index contributed by atoms with van der Waals surface area (Å²) in [4.78, 5) is 23.7. The van der Waals surface area contributed by atoms with Gasteiger partial charge in [-0.25, -0.2) is 4.79 Å². The third kappa shape index (κ3) is 5.24. The minimum absolute atomic E-state index is 0.204. The Morgan fingerprint density at radius 3 is 2.30 bits per heavy atom. The van der Waals surface area contributed by atoms with Crippen LogP contribution in [0.15, 0.2) is 77.2 Å². The summed E-state index contributed by atoms with van der Waals surface area (Å²) in [6.45, 7) is 2.34. The van der Waals surface area contributed by atoms with Crippen molar-refractivity contribution in [3.63, 3.8) is 0 Å². The van der Waals surface area contributed by atoms with Gasteiger partial charge in [0.15, 0.2) is 0 Å². The highest BCUT2D eigenvalue weighted by atomic mass is 16.5. The van der Waals surface area contributed by atoms with Gasteiger partial charge in [0.05, 0.1) is 7.11 Å². The van der Waals surface area contributed by atoms with E-state index >= 15 is 0 Å². The lowest BCUT2D eigenvalue weighted by Gasteiger charge is -2.07. The Kier molecular flexibility index (Phi) is 6.45. The van der Waals surface area contributed by atoms with Crippen LogP contribution in [0.5, 0.6) is 0 Å². The number of aryl methyl sites for hydroxylation is 1. The molecule has 33 heavy (non-hydrogen) atoms. The molecule has 8 nitrogen and oxygen atoms in total. The number of carbonyl (C=O) groups is 2. The molecule has 1 heterocycles. The maximum atomic E-state index is 12.5. The van der Waals surface area contributed by atoms with E-state index in [1.807, 2.05) is 43.3 Å². The van der Waals surface area contributed by atoms with Gasteiger partial charge in [0.2, 0.25) is 11.8 Å². The van der Waals surface area contributed by atoms with Gasteiger partial charge in [-0.1, -0.05) is 30.3 Å². The van der Waals surface area contributed by atoms with Gasteiger partial charge in [0.25, 0.3) is 5.91 Å². The van der Waals surface area contributed by atoms with E-state index in [9.17, 15) is 9.59 Å². The molecular weight excluding hydrogens is 420 g/mol. The van der Waals surface area contributed by atoms with Gasteiger partial charge in [0, 0.05) is 28.9 Å². The van der Waals surface area contributed by atoms with Gasteiger partial charge in [-0.2, -0.15) is 0 Å². The molecule has 1 aromatic heterocycles. The average Bonchev–Trinajstić information content (AvgIpc) is 3.34. The number of nitrogens with zero attached hydrogens (tertiary/aromatic N) is 2. The lowest BCUT2D eigenvalue weighted by Crippen LogP contribution is -2.22. The first-order chi connectivity index (χ1) is 16.0. The van der Waals surface area contributed by atoms with Crippen molar-refractivity contribution in [3.8, 4) is 22.9 Å². The maximum Gasteiger partial charge on any atom is 0.411 e. The summed E-state index contributed by atoms with van der Waals surface area (Å²) in [5, 5.41) is 13.7. The summed E-state index contributed by atoms with van der Waals surface area (Å²) >= 11 is 0. The number of hydrogen-bond acceptors (Lipinski definition) is 6. The molecule has 0 saturated carbocycles. The van der Waals surface area contributed by atoms with E-state index < -0.39 is 6.09 Å². The van der Waals surface area contributed by atoms with Crippen LogP contribution in [0.25, 0.3) is 22.9 Å². The van der Waals surface area contributed by atoms with E-state index in [4.69, 9.17) is 4.42 Å². The zero-order valence-electron chi connectivity index (χ0n) is 18.2. The van der Waals surface area contributed by atoms with Crippen molar-refractivity contribution in [2.75, 3.05) is 12.4 Å². The normalized spacial score (nSPS) is 10.5. The number of methoxy groups -OCH3 is 1. The molecule has 3 aromatic carbocycles. The molecular formula is C25H22N4O4. The molecule has 4 rings (SSSR count). The molecule has 0 bridgehead atoms. The van der Waals surface area contributed by atoms with Gasteiger partial charge in [-0.15, -0.1) is 10.2 Å². The van der Waals surface area contributed by atoms with Gasteiger partial charge in [-0.3, -0.25) is 10.1 Å².